The number of rotatable bonds is 2. The minimum atomic E-state index is -3.24. The van der Waals surface area contributed by atoms with Gasteiger partial charge in [0.25, 0.3) is 5.92 Å². The molecule has 2 aliphatic heterocycles. The van der Waals surface area contributed by atoms with Crippen LogP contribution in [0.2, 0.25) is 0 Å². The zero-order chi connectivity index (χ0) is 31.8. The molecule has 0 unspecified atom stereocenters. The molecule has 2 bridgehead atoms. The van der Waals surface area contributed by atoms with Gasteiger partial charge in [-0.15, -0.1) is 0 Å². The molecular formula is C33H43F2N3O6. The van der Waals surface area contributed by atoms with E-state index in [0.29, 0.717) is 42.2 Å². The van der Waals surface area contributed by atoms with Crippen molar-refractivity contribution in [3.63, 3.8) is 0 Å². The van der Waals surface area contributed by atoms with E-state index in [1.54, 1.807) is 25.1 Å². The first-order valence-electron chi connectivity index (χ1n) is 15.6. The zero-order valence-corrected chi connectivity index (χ0v) is 26.1. The van der Waals surface area contributed by atoms with Gasteiger partial charge in [-0.2, -0.15) is 0 Å². The third-order valence-electron chi connectivity index (χ3n) is 9.47. The van der Waals surface area contributed by atoms with Crippen LogP contribution in [0.15, 0.2) is 24.3 Å². The first kappa shape index (κ1) is 31.9. The van der Waals surface area contributed by atoms with Gasteiger partial charge >= 0.3 is 6.09 Å². The van der Waals surface area contributed by atoms with Crippen molar-refractivity contribution in [2.45, 2.75) is 103 Å². The van der Waals surface area contributed by atoms with Crippen LogP contribution in [0.25, 0.3) is 10.9 Å². The van der Waals surface area contributed by atoms with Crippen molar-refractivity contribution in [3.05, 3.63) is 29.8 Å². The van der Waals surface area contributed by atoms with Crippen molar-refractivity contribution >= 4 is 29.2 Å². The third kappa shape index (κ3) is 6.47. The number of aldehydes is 1. The van der Waals surface area contributed by atoms with Crippen molar-refractivity contribution in [1.82, 2.24) is 15.2 Å². The standard InChI is InChI=1S/C33H43F2N3O6/c1-19-25(18-39)38-17-27(19)43-29-23(15-21-12-13-22(42-5)16-24(21)36-29)33(34,35)14-7-6-9-20-10-8-11-26(20)44-31(41)37-28(30(38)40)32(2,3)4/h12-13,15-16,18-20,25-28H,6-11,14,17H2,1-5H3,(H,37,41)/t19-,20+,25+,26+,27-,28+/m0/s1. The normalized spacial score (nSPS) is 29.8. The Balaban J connectivity index is 1.56. The number of nitrogens with zero attached hydrogens (tertiary/aromatic N) is 2. The van der Waals surface area contributed by atoms with Crippen LogP contribution >= 0.6 is 0 Å². The van der Waals surface area contributed by atoms with Crippen molar-refractivity contribution in [1.29, 1.82) is 0 Å². The van der Waals surface area contributed by atoms with E-state index < -0.39 is 53.9 Å². The number of hydrogen-bond donors (Lipinski definition) is 1. The minimum Gasteiger partial charge on any atom is -0.497 e. The van der Waals surface area contributed by atoms with Gasteiger partial charge in [-0.05, 0) is 61.6 Å². The molecular weight excluding hydrogens is 572 g/mol. The number of hydrogen-bond acceptors (Lipinski definition) is 7. The van der Waals surface area contributed by atoms with Gasteiger partial charge in [0.2, 0.25) is 11.8 Å². The van der Waals surface area contributed by atoms with E-state index in [9.17, 15) is 14.4 Å². The number of ether oxygens (including phenoxy) is 3. The third-order valence-corrected chi connectivity index (χ3v) is 9.47. The maximum absolute atomic E-state index is 16.0. The van der Waals surface area contributed by atoms with Gasteiger partial charge in [0, 0.05) is 23.8 Å². The average Bonchev–Trinajstić information content (AvgIpc) is 3.54. The molecule has 1 saturated carbocycles. The molecule has 3 aliphatic rings. The molecule has 2 amide bonds. The lowest BCUT2D eigenvalue weighted by atomic mass is 9.85. The number of aromatic nitrogens is 1. The molecule has 0 radical (unpaired) electrons. The summed E-state index contributed by atoms with van der Waals surface area (Å²) in [6, 6.07) is 4.57. The number of amides is 2. The molecule has 5 rings (SSSR count). The zero-order valence-electron chi connectivity index (χ0n) is 26.1. The maximum Gasteiger partial charge on any atom is 0.408 e. The average molecular weight is 616 g/mol. The molecule has 1 aliphatic carbocycles. The first-order valence-corrected chi connectivity index (χ1v) is 15.6. The van der Waals surface area contributed by atoms with Crippen molar-refractivity contribution in [3.8, 4) is 11.6 Å². The number of carbonyl (C=O) groups excluding carboxylic acids is 3. The molecule has 2 fully saturated rings. The van der Waals surface area contributed by atoms with Crippen LogP contribution in [0, 0.1) is 17.3 Å². The summed E-state index contributed by atoms with van der Waals surface area (Å²) in [4.78, 5) is 45.4. The monoisotopic (exact) mass is 615 g/mol. The van der Waals surface area contributed by atoms with Gasteiger partial charge in [0.1, 0.15) is 30.3 Å². The summed E-state index contributed by atoms with van der Waals surface area (Å²) in [6.07, 6.45) is 2.33. The lowest BCUT2D eigenvalue weighted by Crippen LogP contribution is -2.56. The number of methoxy groups -OCH3 is 1. The van der Waals surface area contributed by atoms with E-state index in [-0.39, 0.29) is 36.4 Å². The van der Waals surface area contributed by atoms with Crippen LogP contribution in [0.4, 0.5) is 13.6 Å². The number of nitrogens with one attached hydrogen (secondary N) is 1. The fraction of sp³-hybridized carbons (Fsp3) is 0.636. The Labute approximate surface area is 257 Å². The second-order valence-electron chi connectivity index (χ2n) is 13.6. The van der Waals surface area contributed by atoms with Crippen LogP contribution < -0.4 is 14.8 Å². The van der Waals surface area contributed by atoms with Crippen LogP contribution in [0.5, 0.6) is 11.6 Å². The summed E-state index contributed by atoms with van der Waals surface area (Å²) < 4.78 is 49.4. The molecule has 0 spiro atoms. The Morgan fingerprint density at radius 2 is 1.82 bits per heavy atom. The lowest BCUT2D eigenvalue weighted by molar-refractivity contribution is -0.139. The quantitative estimate of drug-likeness (QED) is 0.412. The fourth-order valence-electron chi connectivity index (χ4n) is 6.80. The predicted molar refractivity (Wildman–Crippen MR) is 160 cm³/mol. The van der Waals surface area contributed by atoms with Gasteiger partial charge in [-0.3, -0.25) is 4.79 Å². The number of fused-ring (bicyclic) bond motifs is 5. The second kappa shape index (κ2) is 12.5. The minimum absolute atomic E-state index is 0.0414. The molecule has 6 atom stereocenters. The van der Waals surface area contributed by atoms with Gasteiger partial charge in [-0.1, -0.05) is 34.1 Å². The smallest absolute Gasteiger partial charge is 0.408 e. The Morgan fingerprint density at radius 1 is 1.07 bits per heavy atom. The highest BCUT2D eigenvalue weighted by atomic mass is 19.3. The number of alkyl halides is 2. The molecule has 1 saturated heterocycles. The number of pyridine rings is 1. The number of halogens is 2. The number of alkyl carbamates (subject to hydrolysis) is 1. The Hall–Kier alpha value is -3.50. The Morgan fingerprint density at radius 3 is 2.52 bits per heavy atom. The van der Waals surface area contributed by atoms with Gasteiger partial charge in [0.15, 0.2) is 0 Å². The van der Waals surface area contributed by atoms with Gasteiger partial charge in [0.05, 0.1) is 30.8 Å². The van der Waals surface area contributed by atoms with Crippen molar-refractivity contribution in [2.24, 2.45) is 17.3 Å². The molecule has 2 aromatic rings. The van der Waals surface area contributed by atoms with E-state index in [1.165, 1.54) is 18.1 Å². The fourth-order valence-corrected chi connectivity index (χ4v) is 6.80. The molecule has 44 heavy (non-hydrogen) atoms. The summed E-state index contributed by atoms with van der Waals surface area (Å²) in [5.74, 6) is -3.88. The Bertz CT molecular complexity index is 1400. The number of carbonyl (C=O) groups is 3. The highest BCUT2D eigenvalue weighted by molar-refractivity contribution is 5.89. The first-order chi connectivity index (χ1) is 20.8. The highest BCUT2D eigenvalue weighted by Crippen LogP contribution is 2.42. The molecule has 1 aromatic carbocycles. The molecule has 9 nitrogen and oxygen atoms in total. The molecule has 1 aromatic heterocycles. The summed E-state index contributed by atoms with van der Waals surface area (Å²) in [6.45, 7) is 7.18. The summed E-state index contributed by atoms with van der Waals surface area (Å²) in [7, 11) is 1.51. The largest absolute Gasteiger partial charge is 0.497 e. The molecule has 1 N–H and O–H groups in total. The summed E-state index contributed by atoms with van der Waals surface area (Å²) >= 11 is 0. The SMILES string of the molecule is COc1ccc2cc3c(nc2c1)O[C@H]1CN(C(=O)[C@H](C(C)(C)C)NC(=O)O[C@@H]2CCC[C@H]2CCCCC3(F)F)[C@H](C=O)[C@@H]1C. The highest BCUT2D eigenvalue weighted by Gasteiger charge is 2.48. The molecule has 3 heterocycles. The van der Waals surface area contributed by atoms with E-state index in [0.717, 1.165) is 12.8 Å². The maximum atomic E-state index is 16.0. The van der Waals surface area contributed by atoms with E-state index in [2.05, 4.69) is 10.3 Å². The van der Waals surface area contributed by atoms with Gasteiger partial charge in [-0.25, -0.2) is 18.6 Å². The van der Waals surface area contributed by atoms with Crippen LogP contribution in [0.1, 0.15) is 78.2 Å². The van der Waals surface area contributed by atoms with Crippen LogP contribution in [-0.2, 0) is 20.2 Å². The topological polar surface area (TPSA) is 107 Å². The van der Waals surface area contributed by atoms with E-state index in [1.807, 2.05) is 20.8 Å². The second-order valence-corrected chi connectivity index (χ2v) is 13.6. The lowest BCUT2D eigenvalue weighted by Gasteiger charge is -2.35. The number of benzene rings is 1. The van der Waals surface area contributed by atoms with E-state index >= 15 is 8.78 Å². The predicted octanol–water partition coefficient (Wildman–Crippen LogP) is 6.01. The van der Waals surface area contributed by atoms with Crippen molar-refractivity contribution < 1.29 is 37.4 Å². The van der Waals surface area contributed by atoms with Crippen LogP contribution in [-0.4, -0.2) is 66.1 Å². The Kier molecular flexibility index (Phi) is 9.05. The molecule has 240 valence electrons. The summed E-state index contributed by atoms with van der Waals surface area (Å²) in [5.41, 5.74) is -0.609. The van der Waals surface area contributed by atoms with Crippen molar-refractivity contribution in [2.75, 3.05) is 13.7 Å². The van der Waals surface area contributed by atoms with E-state index in [4.69, 9.17) is 14.2 Å². The summed E-state index contributed by atoms with van der Waals surface area (Å²) in [5, 5.41) is 3.31. The van der Waals surface area contributed by atoms with Crippen LogP contribution in [0.3, 0.4) is 0 Å². The molecule has 11 heteroatoms. The van der Waals surface area contributed by atoms with Gasteiger partial charge < -0.3 is 29.2 Å².